The van der Waals surface area contributed by atoms with E-state index in [-0.39, 0.29) is 28.9 Å². The van der Waals surface area contributed by atoms with Crippen molar-refractivity contribution in [3.05, 3.63) is 58.1 Å². The van der Waals surface area contributed by atoms with Gasteiger partial charge in [0.25, 0.3) is 11.8 Å². The minimum Gasteiger partial charge on any atom is -0.367 e. The van der Waals surface area contributed by atoms with Crippen LogP contribution in [0.15, 0.2) is 41.4 Å². The fourth-order valence-electron chi connectivity index (χ4n) is 3.15. The Bertz CT molecular complexity index is 1170. The lowest BCUT2D eigenvalue weighted by Gasteiger charge is -2.25. The van der Waals surface area contributed by atoms with Gasteiger partial charge in [-0.3, -0.25) is 19.9 Å². The minimum absolute atomic E-state index is 0.00652. The van der Waals surface area contributed by atoms with Gasteiger partial charge in [-0.1, -0.05) is 29.3 Å². The zero-order chi connectivity index (χ0) is 20.8. The van der Waals surface area contributed by atoms with Crippen LogP contribution in [-0.2, 0) is 15.1 Å². The Morgan fingerprint density at radius 3 is 2.76 bits per heavy atom. The molecule has 1 aromatic heterocycles. The number of aromatic amines is 1. The van der Waals surface area contributed by atoms with Crippen LogP contribution >= 0.6 is 23.2 Å². The average Bonchev–Trinajstić information content (AvgIpc) is 3.29. The fraction of sp³-hybridized carbons (Fsp3) is 0.111. The zero-order valence-electron chi connectivity index (χ0n) is 14.6. The molecule has 11 heteroatoms. The third kappa shape index (κ3) is 3.13. The molecule has 1 atom stereocenters. The molecule has 0 saturated carbocycles. The monoisotopic (exact) mass is 434 g/mol. The molecular weight excluding hydrogens is 422 g/mol. The third-order valence-corrected chi connectivity index (χ3v) is 5.07. The average molecular weight is 435 g/mol. The molecule has 148 valence electrons. The smallest absolute Gasteiger partial charge is 0.272 e. The van der Waals surface area contributed by atoms with E-state index in [1.54, 1.807) is 18.2 Å². The number of anilines is 1. The molecule has 2 heterocycles. The van der Waals surface area contributed by atoms with Gasteiger partial charge in [0.05, 0.1) is 28.4 Å². The Morgan fingerprint density at radius 2 is 2.03 bits per heavy atom. The summed E-state index contributed by atoms with van der Waals surface area (Å²) in [7, 11) is 0. The molecule has 29 heavy (non-hydrogen) atoms. The molecule has 0 radical (unpaired) electrons. The summed E-state index contributed by atoms with van der Waals surface area (Å²) in [4.78, 5) is 36.8. The first-order chi connectivity index (χ1) is 13.8. The minimum atomic E-state index is -1.84. The van der Waals surface area contributed by atoms with Gasteiger partial charge in [0.15, 0.2) is 0 Å². The summed E-state index contributed by atoms with van der Waals surface area (Å²) in [5.74, 6) is -2.43. The topological polar surface area (TPSA) is 125 Å². The summed E-state index contributed by atoms with van der Waals surface area (Å²) in [5.41, 5.74) is 4.36. The molecule has 2 amide bonds. The van der Waals surface area contributed by atoms with Gasteiger partial charge in [-0.15, -0.1) is 0 Å². The number of aliphatic imine (C=N–C) groups is 1. The molecule has 3 aromatic rings. The van der Waals surface area contributed by atoms with Crippen LogP contribution in [0.1, 0.15) is 5.82 Å². The Kier molecular flexibility index (Phi) is 4.73. The van der Waals surface area contributed by atoms with Gasteiger partial charge in [-0.2, -0.15) is 0 Å². The number of imidazole rings is 1. The van der Waals surface area contributed by atoms with Gasteiger partial charge in [-0.05, 0) is 30.3 Å². The number of fused-ring (bicyclic) bond motifs is 1. The van der Waals surface area contributed by atoms with Crippen molar-refractivity contribution in [1.29, 1.82) is 0 Å². The highest BCUT2D eigenvalue weighted by atomic mass is 35.5. The molecule has 0 saturated heterocycles. The highest BCUT2D eigenvalue weighted by Gasteiger charge is 2.52. The number of primary amides is 1. The van der Waals surface area contributed by atoms with E-state index in [0.29, 0.717) is 16.1 Å². The second-order valence-corrected chi connectivity index (χ2v) is 7.10. The molecule has 0 fully saturated rings. The van der Waals surface area contributed by atoms with Crippen molar-refractivity contribution in [3.8, 4) is 0 Å². The van der Waals surface area contributed by atoms with E-state index in [4.69, 9.17) is 28.9 Å². The maximum absolute atomic E-state index is 14.1. The second kappa shape index (κ2) is 7.11. The number of carbonyl (C=O) groups is 2. The number of hydrogen-bond donors (Lipinski definition) is 4. The van der Waals surface area contributed by atoms with Crippen LogP contribution in [-0.4, -0.2) is 34.2 Å². The molecule has 2 aromatic carbocycles. The first-order valence-corrected chi connectivity index (χ1v) is 9.09. The zero-order valence-corrected chi connectivity index (χ0v) is 16.1. The molecule has 8 nitrogen and oxygen atoms in total. The number of amides is 2. The fourth-order valence-corrected chi connectivity index (χ4v) is 3.53. The standard InChI is InChI=1S/C18H13Cl2FN6O2/c19-8-4-5-11-12(6-8)26-17(25-11)18(16(22)29)14(23-7-24-18)15(28)27-13-9(20)2-1-3-10(13)21/h1-6,24H,7H2,(H2,22,29)(H,25,26)(H,27,28). The number of nitrogens with two attached hydrogens (primary N) is 1. The largest absolute Gasteiger partial charge is 0.367 e. The SMILES string of the molecule is NC(=O)C1(c2nc3ccc(Cl)cc3[nH]2)NCN=C1C(=O)Nc1c(F)cccc1Cl. The maximum atomic E-state index is 14.1. The van der Waals surface area contributed by atoms with Gasteiger partial charge in [0.1, 0.15) is 17.4 Å². The van der Waals surface area contributed by atoms with Crippen LogP contribution < -0.4 is 16.4 Å². The summed E-state index contributed by atoms with van der Waals surface area (Å²) in [5, 5.41) is 5.62. The molecule has 5 N–H and O–H groups in total. The summed E-state index contributed by atoms with van der Waals surface area (Å²) in [6.07, 6.45) is 0. The second-order valence-electron chi connectivity index (χ2n) is 6.25. The summed E-state index contributed by atoms with van der Waals surface area (Å²) in [6.45, 7) is -0.0749. The number of H-pyrrole nitrogens is 1. The Hall–Kier alpha value is -3.01. The third-order valence-electron chi connectivity index (χ3n) is 4.52. The number of benzene rings is 2. The number of halogens is 3. The molecule has 0 aliphatic carbocycles. The highest BCUT2D eigenvalue weighted by molar-refractivity contribution is 6.50. The quantitative estimate of drug-likeness (QED) is 0.502. The van der Waals surface area contributed by atoms with Crippen LogP contribution in [0.2, 0.25) is 10.0 Å². The number of nitrogens with one attached hydrogen (secondary N) is 3. The van der Waals surface area contributed by atoms with E-state index in [1.807, 2.05) is 0 Å². The van der Waals surface area contributed by atoms with Crippen molar-refractivity contribution in [1.82, 2.24) is 15.3 Å². The number of carbonyl (C=O) groups excluding carboxylic acids is 2. The first-order valence-electron chi connectivity index (χ1n) is 8.34. The molecule has 4 rings (SSSR count). The van der Waals surface area contributed by atoms with Gasteiger partial charge in [-0.25, -0.2) is 9.37 Å². The molecule has 1 aliphatic rings. The number of hydrogen-bond acceptors (Lipinski definition) is 5. The van der Waals surface area contributed by atoms with Crippen molar-refractivity contribution in [3.63, 3.8) is 0 Å². The van der Waals surface area contributed by atoms with Gasteiger partial charge < -0.3 is 16.0 Å². The number of nitrogens with zero attached hydrogens (tertiary/aromatic N) is 2. The van der Waals surface area contributed by atoms with Crippen LogP contribution in [0, 0.1) is 5.82 Å². The molecule has 1 unspecified atom stereocenters. The van der Waals surface area contributed by atoms with Crippen molar-refractivity contribution in [2.45, 2.75) is 5.54 Å². The van der Waals surface area contributed by atoms with E-state index in [1.165, 1.54) is 12.1 Å². The molecule has 0 spiro atoms. The van der Waals surface area contributed by atoms with Gasteiger partial charge in [0, 0.05) is 5.02 Å². The highest BCUT2D eigenvalue weighted by Crippen LogP contribution is 2.30. The van der Waals surface area contributed by atoms with Crippen molar-refractivity contribution in [2.24, 2.45) is 10.7 Å². The maximum Gasteiger partial charge on any atom is 0.272 e. The van der Waals surface area contributed by atoms with Gasteiger partial charge in [0.2, 0.25) is 5.54 Å². The van der Waals surface area contributed by atoms with Crippen molar-refractivity contribution >= 4 is 57.4 Å². The van der Waals surface area contributed by atoms with E-state index in [2.05, 4.69) is 25.6 Å². The first kappa shape index (κ1) is 19.3. The van der Waals surface area contributed by atoms with Crippen LogP contribution in [0.25, 0.3) is 11.0 Å². The van der Waals surface area contributed by atoms with E-state index >= 15 is 0 Å². The Morgan fingerprint density at radius 1 is 1.24 bits per heavy atom. The lowest BCUT2D eigenvalue weighted by molar-refractivity contribution is -0.123. The van der Waals surface area contributed by atoms with Crippen LogP contribution in [0.4, 0.5) is 10.1 Å². The van der Waals surface area contributed by atoms with Crippen molar-refractivity contribution < 1.29 is 14.0 Å². The van der Waals surface area contributed by atoms with Gasteiger partial charge >= 0.3 is 0 Å². The lowest BCUT2D eigenvalue weighted by Crippen LogP contribution is -2.58. The predicted octanol–water partition coefficient (Wildman–Crippen LogP) is 2.33. The normalized spacial score (nSPS) is 18.7. The van der Waals surface area contributed by atoms with E-state index in [9.17, 15) is 14.0 Å². The number of aromatic nitrogens is 2. The van der Waals surface area contributed by atoms with E-state index < -0.39 is 23.2 Å². The number of rotatable bonds is 4. The predicted molar refractivity (Wildman–Crippen MR) is 107 cm³/mol. The Balaban J connectivity index is 1.77. The van der Waals surface area contributed by atoms with Crippen LogP contribution in [0.3, 0.4) is 0 Å². The summed E-state index contributed by atoms with van der Waals surface area (Å²) >= 11 is 12.0. The van der Waals surface area contributed by atoms with Crippen molar-refractivity contribution in [2.75, 3.05) is 12.0 Å². The molecular formula is C18H13Cl2FN6O2. The van der Waals surface area contributed by atoms with E-state index in [0.717, 1.165) is 6.07 Å². The Labute approximate surface area is 173 Å². The molecule has 0 bridgehead atoms. The molecule has 1 aliphatic heterocycles. The lowest BCUT2D eigenvalue weighted by atomic mass is 9.91. The summed E-state index contributed by atoms with van der Waals surface area (Å²) in [6, 6.07) is 8.86. The van der Waals surface area contributed by atoms with Crippen LogP contribution in [0.5, 0.6) is 0 Å². The number of para-hydroxylation sites is 1. The summed E-state index contributed by atoms with van der Waals surface area (Å²) < 4.78 is 14.1.